The van der Waals surface area contributed by atoms with E-state index in [1.54, 1.807) is 66.7 Å². The molecule has 0 aliphatic rings. The molecule has 142 valence electrons. The molecule has 3 rings (SSSR count). The van der Waals surface area contributed by atoms with Gasteiger partial charge in [0.1, 0.15) is 0 Å². The lowest BCUT2D eigenvalue weighted by molar-refractivity contribution is 0.0637. The average molecular weight is 391 g/mol. The van der Waals surface area contributed by atoms with Gasteiger partial charge in [-0.05, 0) is 30.2 Å². The highest BCUT2D eigenvalue weighted by Gasteiger charge is 2.40. The number of nitrogens with one attached hydrogen (secondary N) is 1. The molecule has 0 aromatic heterocycles. The summed E-state index contributed by atoms with van der Waals surface area (Å²) in [5.74, 6) is 2.41. The second-order valence-corrected chi connectivity index (χ2v) is 8.27. The Balaban J connectivity index is 2.11. The first-order chi connectivity index (χ1) is 13.4. The van der Waals surface area contributed by atoms with Gasteiger partial charge in [-0.2, -0.15) is 4.72 Å². The number of aryl methyl sites for hydroxylation is 1. The first kappa shape index (κ1) is 19.8. The predicted octanol–water partition coefficient (Wildman–Crippen LogP) is 3.54. The number of benzene rings is 3. The maximum atomic E-state index is 13.0. The van der Waals surface area contributed by atoms with E-state index in [-0.39, 0.29) is 4.90 Å². The SMILES string of the molecule is C#C[C@](O)(c1ccccc1)C(NS(=O)(=O)c1ccc(C)cc1)c1ccccc1. The van der Waals surface area contributed by atoms with Crippen molar-refractivity contribution in [3.05, 3.63) is 102 Å². The van der Waals surface area contributed by atoms with Crippen LogP contribution in [0.3, 0.4) is 0 Å². The van der Waals surface area contributed by atoms with Crippen LogP contribution in [-0.2, 0) is 15.6 Å². The second kappa shape index (κ2) is 7.99. The molecule has 0 saturated carbocycles. The van der Waals surface area contributed by atoms with E-state index in [2.05, 4.69) is 10.6 Å². The zero-order valence-corrected chi connectivity index (χ0v) is 16.2. The molecule has 0 aliphatic carbocycles. The molecule has 0 fully saturated rings. The second-order valence-electron chi connectivity index (χ2n) is 6.55. The van der Waals surface area contributed by atoms with Crippen molar-refractivity contribution in [3.8, 4) is 12.3 Å². The van der Waals surface area contributed by atoms with E-state index in [0.717, 1.165) is 5.56 Å². The van der Waals surface area contributed by atoms with E-state index >= 15 is 0 Å². The molecular weight excluding hydrogens is 370 g/mol. The molecule has 1 unspecified atom stereocenters. The minimum absolute atomic E-state index is 0.103. The van der Waals surface area contributed by atoms with Gasteiger partial charge in [0, 0.05) is 0 Å². The van der Waals surface area contributed by atoms with Crippen LogP contribution in [0.4, 0.5) is 0 Å². The molecule has 4 nitrogen and oxygen atoms in total. The molecule has 0 saturated heterocycles. The molecule has 2 atom stereocenters. The van der Waals surface area contributed by atoms with E-state index in [1.165, 1.54) is 12.1 Å². The summed E-state index contributed by atoms with van der Waals surface area (Å²) in [4.78, 5) is 0.103. The van der Waals surface area contributed by atoms with Crippen LogP contribution in [0.1, 0.15) is 22.7 Å². The first-order valence-electron chi connectivity index (χ1n) is 8.76. The van der Waals surface area contributed by atoms with Gasteiger partial charge in [-0.15, -0.1) is 6.42 Å². The number of hydrogen-bond donors (Lipinski definition) is 2. The smallest absolute Gasteiger partial charge is 0.241 e. The van der Waals surface area contributed by atoms with Crippen molar-refractivity contribution in [1.29, 1.82) is 0 Å². The van der Waals surface area contributed by atoms with Crippen molar-refractivity contribution < 1.29 is 13.5 Å². The van der Waals surface area contributed by atoms with Gasteiger partial charge in [0.05, 0.1) is 10.9 Å². The quantitative estimate of drug-likeness (QED) is 0.632. The molecule has 0 amide bonds. The van der Waals surface area contributed by atoms with Crippen molar-refractivity contribution in [2.24, 2.45) is 0 Å². The Morgan fingerprint density at radius 1 is 0.929 bits per heavy atom. The summed E-state index contributed by atoms with van der Waals surface area (Å²) in [5, 5.41) is 11.4. The Bertz CT molecular complexity index is 1070. The van der Waals surface area contributed by atoms with Crippen LogP contribution in [0.2, 0.25) is 0 Å². The van der Waals surface area contributed by atoms with Gasteiger partial charge >= 0.3 is 0 Å². The maximum Gasteiger partial charge on any atom is 0.241 e. The zero-order chi connectivity index (χ0) is 20.2. The maximum absolute atomic E-state index is 13.0. The summed E-state index contributed by atoms with van der Waals surface area (Å²) < 4.78 is 28.7. The van der Waals surface area contributed by atoms with Crippen molar-refractivity contribution in [3.63, 3.8) is 0 Å². The van der Waals surface area contributed by atoms with Gasteiger partial charge in [0.25, 0.3) is 0 Å². The van der Waals surface area contributed by atoms with Gasteiger partial charge in [-0.3, -0.25) is 0 Å². The number of terminal acetylenes is 1. The largest absolute Gasteiger partial charge is 0.372 e. The lowest BCUT2D eigenvalue weighted by Crippen LogP contribution is -2.43. The summed E-state index contributed by atoms with van der Waals surface area (Å²) in [6.45, 7) is 1.88. The number of aliphatic hydroxyl groups is 1. The molecule has 5 heteroatoms. The van der Waals surface area contributed by atoms with Gasteiger partial charge < -0.3 is 5.11 Å². The minimum Gasteiger partial charge on any atom is -0.372 e. The number of sulfonamides is 1. The van der Waals surface area contributed by atoms with Crippen molar-refractivity contribution in [2.75, 3.05) is 0 Å². The summed E-state index contributed by atoms with van der Waals surface area (Å²) in [5.41, 5.74) is 0.0591. The normalized spacial score (nSPS) is 14.6. The van der Waals surface area contributed by atoms with Crippen molar-refractivity contribution >= 4 is 10.0 Å². The molecule has 3 aromatic carbocycles. The third-order valence-corrected chi connectivity index (χ3v) is 6.03. The molecular formula is C23H21NO3S. The van der Waals surface area contributed by atoms with E-state index in [1.807, 2.05) is 13.0 Å². The summed E-state index contributed by atoms with van der Waals surface area (Å²) in [6, 6.07) is 22.9. The first-order valence-corrected chi connectivity index (χ1v) is 10.2. The van der Waals surface area contributed by atoms with Gasteiger partial charge in [-0.1, -0.05) is 84.3 Å². The van der Waals surface area contributed by atoms with Crippen LogP contribution in [0.5, 0.6) is 0 Å². The topological polar surface area (TPSA) is 66.4 Å². The van der Waals surface area contributed by atoms with Crippen molar-refractivity contribution in [2.45, 2.75) is 23.5 Å². The highest BCUT2D eigenvalue weighted by Crippen LogP contribution is 2.36. The Kier molecular flexibility index (Phi) is 5.66. The molecule has 0 radical (unpaired) electrons. The number of hydrogen-bond acceptors (Lipinski definition) is 3. The molecule has 0 heterocycles. The molecule has 28 heavy (non-hydrogen) atoms. The Morgan fingerprint density at radius 3 is 2.00 bits per heavy atom. The number of rotatable bonds is 6. The Hall–Kier alpha value is -2.91. The molecule has 0 aliphatic heterocycles. The zero-order valence-electron chi connectivity index (χ0n) is 15.4. The van der Waals surface area contributed by atoms with Gasteiger partial charge in [0.2, 0.25) is 10.0 Å². The van der Waals surface area contributed by atoms with Crippen LogP contribution >= 0.6 is 0 Å². The van der Waals surface area contributed by atoms with E-state index in [4.69, 9.17) is 6.42 Å². The molecule has 0 spiro atoms. The van der Waals surface area contributed by atoms with Crippen molar-refractivity contribution in [1.82, 2.24) is 4.72 Å². The van der Waals surface area contributed by atoms with E-state index < -0.39 is 21.7 Å². The predicted molar refractivity (Wildman–Crippen MR) is 110 cm³/mol. The molecule has 0 bridgehead atoms. The molecule has 2 N–H and O–H groups in total. The average Bonchev–Trinajstić information content (AvgIpc) is 2.73. The van der Waals surface area contributed by atoms with Crippen LogP contribution in [0, 0.1) is 19.3 Å². The summed E-state index contributed by atoms with van der Waals surface area (Å²) >= 11 is 0. The van der Waals surface area contributed by atoms with Crippen LogP contribution in [0.25, 0.3) is 0 Å². The monoisotopic (exact) mass is 391 g/mol. The molecule has 3 aromatic rings. The minimum atomic E-state index is -3.93. The lowest BCUT2D eigenvalue weighted by atomic mass is 9.84. The highest BCUT2D eigenvalue weighted by molar-refractivity contribution is 7.89. The highest BCUT2D eigenvalue weighted by atomic mass is 32.2. The van der Waals surface area contributed by atoms with Crippen LogP contribution in [-0.4, -0.2) is 13.5 Å². The Labute approximate surface area is 165 Å². The third kappa shape index (κ3) is 4.00. The summed E-state index contributed by atoms with van der Waals surface area (Å²) in [6.07, 6.45) is 5.72. The standard InChI is InChI=1S/C23H21NO3S/c1-3-23(25,20-12-8-5-9-13-20)22(19-10-6-4-7-11-19)24-28(26,27)21-16-14-18(2)15-17-21/h1,4-17,22,24-25H,2H3/t22?,23-/m0/s1. The van der Waals surface area contributed by atoms with E-state index in [0.29, 0.717) is 11.1 Å². The van der Waals surface area contributed by atoms with Crippen LogP contribution in [0.15, 0.2) is 89.8 Å². The Morgan fingerprint density at radius 2 is 1.46 bits per heavy atom. The fourth-order valence-corrected chi connectivity index (χ4v) is 4.25. The van der Waals surface area contributed by atoms with E-state index in [9.17, 15) is 13.5 Å². The van der Waals surface area contributed by atoms with Gasteiger partial charge in [0.15, 0.2) is 5.60 Å². The fourth-order valence-electron chi connectivity index (χ4n) is 3.01. The third-order valence-electron chi connectivity index (χ3n) is 4.59. The fraction of sp³-hybridized carbons (Fsp3) is 0.130. The lowest BCUT2D eigenvalue weighted by Gasteiger charge is -2.33. The van der Waals surface area contributed by atoms with Gasteiger partial charge in [-0.25, -0.2) is 8.42 Å². The van der Waals surface area contributed by atoms with Crippen LogP contribution < -0.4 is 4.72 Å². The summed E-state index contributed by atoms with van der Waals surface area (Å²) in [7, 11) is -3.93.